The van der Waals surface area contributed by atoms with Gasteiger partial charge in [-0.2, -0.15) is 5.26 Å². The van der Waals surface area contributed by atoms with Crippen molar-refractivity contribution >= 4 is 22.6 Å². The number of rotatable bonds is 2. The Morgan fingerprint density at radius 2 is 2.00 bits per heavy atom. The molecule has 6 atom stereocenters. The lowest BCUT2D eigenvalue weighted by atomic mass is 10.1. The van der Waals surface area contributed by atoms with Crippen molar-refractivity contribution in [3.05, 3.63) is 29.8 Å². The second-order valence-electron chi connectivity index (χ2n) is 4.76. The van der Waals surface area contributed by atoms with Gasteiger partial charge in [-0.05, 0) is 24.3 Å². The predicted molar refractivity (Wildman–Crippen MR) is 74.5 cm³/mol. The molecular weight excluding hydrogens is 298 g/mol. The molecule has 2 fully saturated rings. The summed E-state index contributed by atoms with van der Waals surface area (Å²) in [7, 11) is -1.36. The first kappa shape index (κ1) is 14.0. The van der Waals surface area contributed by atoms with Gasteiger partial charge in [0.1, 0.15) is 22.9 Å². The second-order valence-corrected chi connectivity index (χ2v) is 7.80. The minimum atomic E-state index is -1.36. The Labute approximate surface area is 123 Å². The second kappa shape index (κ2) is 5.47. The van der Waals surface area contributed by atoms with E-state index in [9.17, 15) is 14.4 Å². The van der Waals surface area contributed by atoms with Gasteiger partial charge in [0.25, 0.3) is 0 Å². The third-order valence-electron chi connectivity index (χ3n) is 3.52. The number of nitriles is 1. The summed E-state index contributed by atoms with van der Waals surface area (Å²) < 4.78 is 17.7. The van der Waals surface area contributed by atoms with E-state index in [-0.39, 0.29) is 6.10 Å². The molecule has 0 aliphatic carbocycles. The normalized spacial score (nSPS) is 37.4. The van der Waals surface area contributed by atoms with Crippen molar-refractivity contribution in [3.8, 4) is 6.07 Å². The summed E-state index contributed by atoms with van der Waals surface area (Å²) >= 11 is 1.45. The number of benzene rings is 1. The van der Waals surface area contributed by atoms with E-state index in [1.807, 2.05) is 6.07 Å². The molecule has 0 radical (unpaired) electrons. The number of nitrogens with zero attached hydrogens (tertiary/aromatic N) is 1. The number of fused-ring (bicyclic) bond motifs is 2. The minimum Gasteiger partial charge on any atom is -0.388 e. The Balaban J connectivity index is 1.82. The maximum absolute atomic E-state index is 12.6. The van der Waals surface area contributed by atoms with Crippen LogP contribution in [0.15, 0.2) is 29.2 Å². The van der Waals surface area contributed by atoms with E-state index in [0.29, 0.717) is 16.2 Å². The van der Waals surface area contributed by atoms with Crippen LogP contribution in [-0.4, -0.2) is 49.2 Å². The monoisotopic (exact) mass is 311 g/mol. The van der Waals surface area contributed by atoms with Gasteiger partial charge in [0.05, 0.1) is 28.5 Å². The summed E-state index contributed by atoms with van der Waals surface area (Å²) in [6.07, 6.45) is -2.91. The van der Waals surface area contributed by atoms with Crippen LogP contribution < -0.4 is 0 Å². The molecule has 2 bridgehead atoms. The van der Waals surface area contributed by atoms with Crippen molar-refractivity contribution in [3.63, 3.8) is 0 Å². The molecule has 0 saturated carbocycles. The molecule has 2 N–H and O–H groups in total. The highest BCUT2D eigenvalue weighted by molar-refractivity contribution is 8.11. The minimum absolute atomic E-state index is 0.380. The van der Waals surface area contributed by atoms with Gasteiger partial charge in [-0.3, -0.25) is 4.21 Å². The van der Waals surface area contributed by atoms with Crippen molar-refractivity contribution in [2.45, 2.75) is 33.9 Å². The first-order chi connectivity index (χ1) is 9.61. The molecule has 20 heavy (non-hydrogen) atoms. The number of ether oxygens (including phenoxy) is 1. The molecule has 2 aliphatic rings. The van der Waals surface area contributed by atoms with E-state index in [1.165, 1.54) is 11.8 Å². The molecule has 1 aromatic rings. The third kappa shape index (κ3) is 2.28. The SMILES string of the molecule is N#Cc1ccc([S@@](=O)[C@H]2SC[C@H]3O[C@@H]2[C@@H](O)[C@@H]3O)cc1. The third-order valence-corrected chi connectivity index (χ3v) is 7.00. The van der Waals surface area contributed by atoms with Crippen LogP contribution in [-0.2, 0) is 15.5 Å². The van der Waals surface area contributed by atoms with Crippen LogP contribution in [0.4, 0.5) is 0 Å². The lowest BCUT2D eigenvalue weighted by Crippen LogP contribution is -2.39. The van der Waals surface area contributed by atoms with Gasteiger partial charge in [-0.15, -0.1) is 11.8 Å². The molecule has 0 aromatic heterocycles. The number of thioether (sulfide) groups is 1. The summed E-state index contributed by atoms with van der Waals surface area (Å²) in [6.45, 7) is 0. The lowest BCUT2D eigenvalue weighted by Gasteiger charge is -2.28. The van der Waals surface area contributed by atoms with Gasteiger partial charge in [-0.1, -0.05) is 0 Å². The fraction of sp³-hybridized carbons (Fsp3) is 0.462. The van der Waals surface area contributed by atoms with Crippen molar-refractivity contribution < 1.29 is 19.2 Å². The molecule has 0 amide bonds. The highest BCUT2D eigenvalue weighted by Gasteiger charge is 2.52. The highest BCUT2D eigenvalue weighted by Crippen LogP contribution is 2.40. The summed E-state index contributed by atoms with van der Waals surface area (Å²) in [4.78, 5) is 0.595. The molecule has 2 heterocycles. The number of hydrogen-bond acceptors (Lipinski definition) is 6. The number of hydrogen-bond donors (Lipinski definition) is 2. The Bertz CT molecular complexity index is 571. The quantitative estimate of drug-likeness (QED) is 0.812. The molecule has 0 unspecified atom stereocenters. The first-order valence-electron chi connectivity index (χ1n) is 6.16. The zero-order valence-corrected chi connectivity index (χ0v) is 12.0. The predicted octanol–water partition coefficient (Wildman–Crippen LogP) is 0.228. The molecule has 106 valence electrons. The van der Waals surface area contributed by atoms with E-state index >= 15 is 0 Å². The average Bonchev–Trinajstić information content (AvgIpc) is 2.72. The zero-order chi connectivity index (χ0) is 14.3. The van der Waals surface area contributed by atoms with Crippen LogP contribution in [0, 0.1) is 11.3 Å². The molecule has 5 nitrogen and oxygen atoms in total. The van der Waals surface area contributed by atoms with E-state index < -0.39 is 33.7 Å². The molecule has 2 saturated heterocycles. The van der Waals surface area contributed by atoms with Crippen LogP contribution in [0.5, 0.6) is 0 Å². The Morgan fingerprint density at radius 3 is 2.65 bits per heavy atom. The fourth-order valence-electron chi connectivity index (χ4n) is 2.41. The van der Waals surface area contributed by atoms with Gasteiger partial charge >= 0.3 is 0 Å². The van der Waals surface area contributed by atoms with Gasteiger partial charge < -0.3 is 14.9 Å². The van der Waals surface area contributed by atoms with Crippen LogP contribution in [0.3, 0.4) is 0 Å². The van der Waals surface area contributed by atoms with E-state index in [2.05, 4.69) is 0 Å². The molecule has 3 rings (SSSR count). The smallest absolute Gasteiger partial charge is 0.114 e. The first-order valence-corrected chi connectivity index (χ1v) is 8.42. The molecule has 0 spiro atoms. The Morgan fingerprint density at radius 1 is 1.30 bits per heavy atom. The molecule has 7 heteroatoms. The Kier molecular flexibility index (Phi) is 3.84. The van der Waals surface area contributed by atoms with E-state index in [1.54, 1.807) is 24.3 Å². The van der Waals surface area contributed by atoms with Crippen LogP contribution >= 0.6 is 11.8 Å². The largest absolute Gasteiger partial charge is 0.388 e. The summed E-state index contributed by atoms with van der Waals surface area (Å²) in [5.74, 6) is 0.515. The van der Waals surface area contributed by atoms with Crippen LogP contribution in [0.2, 0.25) is 0 Å². The Hall–Kier alpha value is -0.910. The molecule has 1 aromatic carbocycles. The average molecular weight is 311 g/mol. The van der Waals surface area contributed by atoms with Gasteiger partial charge in [0.2, 0.25) is 0 Å². The summed E-state index contributed by atoms with van der Waals surface area (Å²) in [6, 6.07) is 8.54. The number of aliphatic hydroxyl groups excluding tert-OH is 2. The zero-order valence-electron chi connectivity index (χ0n) is 10.4. The van der Waals surface area contributed by atoms with Crippen molar-refractivity contribution in [2.24, 2.45) is 0 Å². The summed E-state index contributed by atoms with van der Waals surface area (Å²) in [5.41, 5.74) is 0.509. The van der Waals surface area contributed by atoms with Crippen molar-refractivity contribution in [2.75, 3.05) is 5.75 Å². The van der Waals surface area contributed by atoms with Gasteiger partial charge in [0, 0.05) is 10.6 Å². The molecule has 2 aliphatic heterocycles. The fourth-order valence-corrected chi connectivity index (χ4v) is 5.68. The standard InChI is InChI=1S/C13H13NO4S2/c14-5-7-1-3-8(4-2-7)20(17)13-12-11(16)10(15)9(18-12)6-19-13/h1-4,9-13,15-16H,6H2/t9-,10-,11+,12-,13-,20-/m1/s1. The number of aliphatic hydroxyl groups is 2. The van der Waals surface area contributed by atoms with E-state index in [4.69, 9.17) is 10.00 Å². The summed E-state index contributed by atoms with van der Waals surface area (Å²) in [5, 5.41) is 28.5. The van der Waals surface area contributed by atoms with E-state index in [0.717, 1.165) is 0 Å². The van der Waals surface area contributed by atoms with Crippen molar-refractivity contribution in [1.82, 2.24) is 0 Å². The maximum Gasteiger partial charge on any atom is 0.114 e. The highest BCUT2D eigenvalue weighted by atomic mass is 32.2. The maximum atomic E-state index is 12.6. The van der Waals surface area contributed by atoms with Crippen molar-refractivity contribution in [1.29, 1.82) is 5.26 Å². The van der Waals surface area contributed by atoms with Crippen LogP contribution in [0.25, 0.3) is 0 Å². The molecular formula is C13H13NO4S2. The van der Waals surface area contributed by atoms with Gasteiger partial charge in [-0.25, -0.2) is 0 Å². The van der Waals surface area contributed by atoms with Crippen LogP contribution in [0.1, 0.15) is 5.56 Å². The van der Waals surface area contributed by atoms with Gasteiger partial charge in [0.15, 0.2) is 0 Å². The topological polar surface area (TPSA) is 90.6 Å². The lowest BCUT2D eigenvalue weighted by molar-refractivity contribution is 0.0223.